The number of aryl methyl sites for hydroxylation is 5. The Morgan fingerprint density at radius 1 is 1.06 bits per heavy atom. The monoisotopic (exact) mass is 446 g/mol. The van der Waals surface area contributed by atoms with Crippen LogP contribution in [0.4, 0.5) is 10.1 Å². The zero-order valence-electron chi connectivity index (χ0n) is 19.5. The third-order valence-electron chi connectivity index (χ3n) is 6.08. The fourth-order valence-electron chi connectivity index (χ4n) is 4.17. The van der Waals surface area contributed by atoms with E-state index in [9.17, 15) is 14.0 Å². The first kappa shape index (κ1) is 22.5. The smallest absolute Gasteiger partial charge is 0.255 e. The second kappa shape index (κ2) is 8.65. The number of halogens is 1. The highest BCUT2D eigenvalue weighted by atomic mass is 19.1. The van der Waals surface area contributed by atoms with Crippen LogP contribution in [0, 0.1) is 33.5 Å². The van der Waals surface area contributed by atoms with Crippen LogP contribution in [0.2, 0.25) is 0 Å². The molecule has 1 N–H and O–H groups in total. The molecule has 6 nitrogen and oxygen atoms in total. The second-order valence-corrected chi connectivity index (χ2v) is 8.51. The fraction of sp³-hybridized carbons (Fsp3) is 0.269. The zero-order valence-corrected chi connectivity index (χ0v) is 19.5. The molecular formula is C26H27FN4O2. The van der Waals surface area contributed by atoms with Crippen molar-refractivity contribution in [1.82, 2.24) is 14.3 Å². The van der Waals surface area contributed by atoms with E-state index in [2.05, 4.69) is 5.32 Å². The van der Waals surface area contributed by atoms with Crippen molar-refractivity contribution in [2.24, 2.45) is 7.05 Å². The van der Waals surface area contributed by atoms with E-state index in [1.54, 1.807) is 35.4 Å². The Morgan fingerprint density at radius 2 is 1.76 bits per heavy atom. The van der Waals surface area contributed by atoms with E-state index in [1.807, 2.05) is 45.0 Å². The van der Waals surface area contributed by atoms with Crippen LogP contribution in [-0.4, -0.2) is 20.3 Å². The lowest BCUT2D eigenvalue weighted by molar-refractivity contribution is -0.116. The molecule has 0 aliphatic rings. The molecule has 0 spiro atoms. The summed E-state index contributed by atoms with van der Waals surface area (Å²) in [5, 5.41) is 8.32. The van der Waals surface area contributed by atoms with Crippen molar-refractivity contribution in [3.8, 4) is 5.69 Å². The van der Waals surface area contributed by atoms with E-state index < -0.39 is 0 Å². The van der Waals surface area contributed by atoms with Crippen LogP contribution in [0.15, 0.2) is 47.3 Å². The van der Waals surface area contributed by atoms with Crippen molar-refractivity contribution < 1.29 is 9.18 Å². The third-order valence-corrected chi connectivity index (χ3v) is 6.08. The molecule has 2 aromatic heterocycles. The Bertz CT molecular complexity index is 1430. The molecule has 2 aromatic carbocycles. The van der Waals surface area contributed by atoms with Crippen molar-refractivity contribution in [2.45, 2.75) is 40.5 Å². The van der Waals surface area contributed by atoms with Crippen LogP contribution in [0.3, 0.4) is 0 Å². The summed E-state index contributed by atoms with van der Waals surface area (Å²) in [5.41, 5.74) is 5.75. The molecule has 0 bridgehead atoms. The summed E-state index contributed by atoms with van der Waals surface area (Å²) < 4.78 is 17.2. The van der Waals surface area contributed by atoms with Crippen LogP contribution in [0.25, 0.3) is 16.7 Å². The Kier molecular flexibility index (Phi) is 5.89. The van der Waals surface area contributed by atoms with Gasteiger partial charge in [0, 0.05) is 30.1 Å². The molecule has 0 aliphatic carbocycles. The zero-order chi connectivity index (χ0) is 23.9. The molecule has 170 valence electrons. The maximum absolute atomic E-state index is 13.8. The Labute approximate surface area is 191 Å². The van der Waals surface area contributed by atoms with Gasteiger partial charge in [-0.25, -0.2) is 9.07 Å². The SMILES string of the molecule is Cc1ccc(-n2nc(C)c3c(C)c(CCC(=O)Nc4ccc(C)c(F)c4)c(=O)n(C)c32)cc1. The number of anilines is 1. The summed E-state index contributed by atoms with van der Waals surface area (Å²) in [6.07, 6.45) is 0.395. The predicted octanol–water partition coefficient (Wildman–Crippen LogP) is 4.67. The Balaban J connectivity index is 1.65. The summed E-state index contributed by atoms with van der Waals surface area (Å²) in [6, 6.07) is 12.6. The van der Waals surface area contributed by atoms with E-state index in [4.69, 9.17) is 5.10 Å². The highest BCUT2D eigenvalue weighted by Crippen LogP contribution is 2.26. The standard InChI is InChI=1S/C26H27FN4O2/c1-15-6-10-20(11-7-15)31-25-24(18(4)29-31)17(3)21(26(33)30(25)5)12-13-23(32)28-19-9-8-16(2)22(27)14-19/h6-11,14H,12-13H2,1-5H3,(H,28,32). The number of pyridine rings is 1. The lowest BCUT2D eigenvalue weighted by atomic mass is 10.0. The summed E-state index contributed by atoms with van der Waals surface area (Å²) in [7, 11) is 1.73. The average molecular weight is 447 g/mol. The first-order chi connectivity index (χ1) is 15.7. The van der Waals surface area contributed by atoms with Gasteiger partial charge < -0.3 is 5.32 Å². The van der Waals surface area contributed by atoms with Gasteiger partial charge in [0.15, 0.2) is 0 Å². The van der Waals surface area contributed by atoms with E-state index in [1.165, 1.54) is 6.07 Å². The topological polar surface area (TPSA) is 68.9 Å². The quantitative estimate of drug-likeness (QED) is 0.484. The lowest BCUT2D eigenvalue weighted by Crippen LogP contribution is -2.25. The lowest BCUT2D eigenvalue weighted by Gasteiger charge is -2.13. The average Bonchev–Trinajstić information content (AvgIpc) is 3.12. The molecule has 1 amide bonds. The Morgan fingerprint density at radius 3 is 2.42 bits per heavy atom. The van der Waals surface area contributed by atoms with Crippen molar-refractivity contribution in [3.05, 3.63) is 86.6 Å². The van der Waals surface area contributed by atoms with Gasteiger partial charge in [0.05, 0.1) is 11.4 Å². The largest absolute Gasteiger partial charge is 0.326 e. The van der Waals surface area contributed by atoms with Crippen LogP contribution in [-0.2, 0) is 18.3 Å². The third kappa shape index (κ3) is 4.18. The summed E-state index contributed by atoms with van der Waals surface area (Å²) in [5.74, 6) is -0.643. The number of carbonyl (C=O) groups excluding carboxylic acids is 1. The summed E-state index contributed by atoms with van der Waals surface area (Å²) in [4.78, 5) is 25.7. The minimum Gasteiger partial charge on any atom is -0.326 e. The number of hydrogen-bond acceptors (Lipinski definition) is 3. The van der Waals surface area contributed by atoms with Gasteiger partial charge in [-0.1, -0.05) is 23.8 Å². The van der Waals surface area contributed by atoms with Crippen LogP contribution in [0.1, 0.15) is 34.4 Å². The van der Waals surface area contributed by atoms with Gasteiger partial charge in [-0.15, -0.1) is 0 Å². The first-order valence-electron chi connectivity index (χ1n) is 10.9. The number of fused-ring (bicyclic) bond motifs is 1. The molecular weight excluding hydrogens is 419 g/mol. The minimum absolute atomic E-state index is 0.113. The molecule has 0 unspecified atom stereocenters. The number of nitrogens with zero attached hydrogens (tertiary/aromatic N) is 3. The number of nitrogens with one attached hydrogen (secondary N) is 1. The number of carbonyl (C=O) groups is 1. The van der Waals surface area contributed by atoms with E-state index >= 15 is 0 Å². The van der Waals surface area contributed by atoms with Gasteiger partial charge in [-0.05, 0) is 69.5 Å². The molecule has 0 saturated carbocycles. The summed E-state index contributed by atoms with van der Waals surface area (Å²) in [6.45, 7) is 7.51. The molecule has 0 fully saturated rings. The fourth-order valence-corrected chi connectivity index (χ4v) is 4.17. The van der Waals surface area contributed by atoms with Crippen molar-refractivity contribution in [2.75, 3.05) is 5.32 Å². The number of hydrogen-bond donors (Lipinski definition) is 1. The number of rotatable bonds is 5. The molecule has 0 aliphatic heterocycles. The molecule has 0 radical (unpaired) electrons. The molecule has 4 rings (SSSR count). The predicted molar refractivity (Wildman–Crippen MR) is 129 cm³/mol. The normalized spacial score (nSPS) is 11.2. The maximum Gasteiger partial charge on any atom is 0.255 e. The number of amides is 1. The first-order valence-corrected chi connectivity index (χ1v) is 10.9. The van der Waals surface area contributed by atoms with E-state index in [0.717, 1.165) is 33.5 Å². The van der Waals surface area contributed by atoms with Crippen molar-refractivity contribution in [3.63, 3.8) is 0 Å². The number of aromatic nitrogens is 3. The Hall–Kier alpha value is -3.74. The molecule has 7 heteroatoms. The second-order valence-electron chi connectivity index (χ2n) is 8.51. The summed E-state index contributed by atoms with van der Waals surface area (Å²) >= 11 is 0. The van der Waals surface area contributed by atoms with Gasteiger partial charge in [0.2, 0.25) is 5.91 Å². The van der Waals surface area contributed by atoms with Gasteiger partial charge in [-0.3, -0.25) is 14.2 Å². The van der Waals surface area contributed by atoms with Gasteiger partial charge in [0.25, 0.3) is 5.56 Å². The van der Waals surface area contributed by atoms with Gasteiger partial charge >= 0.3 is 0 Å². The van der Waals surface area contributed by atoms with Crippen molar-refractivity contribution >= 4 is 22.6 Å². The molecule has 4 aromatic rings. The highest BCUT2D eigenvalue weighted by Gasteiger charge is 2.20. The molecule has 2 heterocycles. The van der Waals surface area contributed by atoms with Gasteiger partial charge in [0.1, 0.15) is 11.5 Å². The van der Waals surface area contributed by atoms with Crippen LogP contribution in [0.5, 0.6) is 0 Å². The van der Waals surface area contributed by atoms with E-state index in [0.29, 0.717) is 16.8 Å². The highest BCUT2D eigenvalue weighted by molar-refractivity contribution is 5.91. The van der Waals surface area contributed by atoms with Gasteiger partial charge in [-0.2, -0.15) is 5.10 Å². The van der Waals surface area contributed by atoms with Crippen LogP contribution < -0.4 is 10.9 Å². The molecule has 0 saturated heterocycles. The van der Waals surface area contributed by atoms with Crippen molar-refractivity contribution in [1.29, 1.82) is 0 Å². The minimum atomic E-state index is -0.371. The molecule has 0 atom stereocenters. The number of benzene rings is 2. The van der Waals surface area contributed by atoms with Crippen LogP contribution >= 0.6 is 0 Å². The van der Waals surface area contributed by atoms with E-state index in [-0.39, 0.29) is 30.1 Å². The maximum atomic E-state index is 13.8. The molecule has 33 heavy (non-hydrogen) atoms.